The van der Waals surface area contributed by atoms with Crippen molar-refractivity contribution in [3.05, 3.63) is 23.1 Å². The molecule has 2 unspecified atom stereocenters. The van der Waals surface area contributed by atoms with Gasteiger partial charge < -0.3 is 5.11 Å². The first-order chi connectivity index (χ1) is 8.77. The Balaban J connectivity index is 4.93. The number of alkyl halides is 1. The first kappa shape index (κ1) is 18.6. The second-order valence-electron chi connectivity index (χ2n) is 4.54. The van der Waals surface area contributed by atoms with Crippen LogP contribution in [0.3, 0.4) is 0 Å². The third-order valence-electron chi connectivity index (χ3n) is 2.96. The van der Waals surface area contributed by atoms with Gasteiger partial charge in [0.1, 0.15) is 0 Å². The van der Waals surface area contributed by atoms with Crippen LogP contribution < -0.4 is 0 Å². The molecule has 0 saturated heterocycles. The summed E-state index contributed by atoms with van der Waals surface area (Å²) in [5.74, 6) is 0.272. The van der Waals surface area contributed by atoms with Gasteiger partial charge in [-0.3, -0.25) is 0 Å². The molecule has 2 atom stereocenters. The zero-order valence-electron chi connectivity index (χ0n) is 12.0. The second kappa shape index (κ2) is 8.74. The highest BCUT2D eigenvalue weighted by atomic mass is 35.5. The molecule has 0 heterocycles. The molecule has 0 aromatic rings. The van der Waals surface area contributed by atoms with Crippen LogP contribution in [0.15, 0.2) is 23.1 Å². The molecule has 0 aliphatic heterocycles. The summed E-state index contributed by atoms with van der Waals surface area (Å²) < 4.78 is 26.0. The van der Waals surface area contributed by atoms with Gasteiger partial charge in [-0.2, -0.15) is 4.31 Å². The molecule has 112 valence electrons. The molecule has 0 spiro atoms. The molecule has 0 amide bonds. The highest BCUT2D eigenvalue weighted by Crippen LogP contribution is 2.18. The van der Waals surface area contributed by atoms with Crippen molar-refractivity contribution in [2.45, 2.75) is 45.8 Å². The summed E-state index contributed by atoms with van der Waals surface area (Å²) in [7, 11) is -1.95. The van der Waals surface area contributed by atoms with Crippen LogP contribution in [0, 0.1) is 0 Å². The van der Waals surface area contributed by atoms with E-state index in [2.05, 4.69) is 0 Å². The van der Waals surface area contributed by atoms with Crippen molar-refractivity contribution in [3.8, 4) is 0 Å². The number of aliphatic hydroxyl groups is 1. The van der Waals surface area contributed by atoms with Crippen molar-refractivity contribution in [1.29, 1.82) is 0 Å². The predicted octanol–water partition coefficient (Wildman–Crippen LogP) is 2.50. The Morgan fingerprint density at radius 2 is 1.95 bits per heavy atom. The van der Waals surface area contributed by atoms with E-state index in [0.717, 1.165) is 0 Å². The van der Waals surface area contributed by atoms with Crippen LogP contribution in [0.4, 0.5) is 0 Å². The molecular formula is C13H24ClNO3S. The lowest BCUT2D eigenvalue weighted by molar-refractivity contribution is 0.172. The Labute approximate surface area is 121 Å². The topological polar surface area (TPSA) is 57.6 Å². The number of aliphatic hydroxyl groups excluding tert-OH is 1. The molecular weight excluding hydrogens is 286 g/mol. The summed E-state index contributed by atoms with van der Waals surface area (Å²) in [5.41, 5.74) is 0. The quantitative estimate of drug-likeness (QED) is 0.553. The van der Waals surface area contributed by atoms with Gasteiger partial charge >= 0.3 is 0 Å². The number of allylic oxidation sites excluding steroid dienone is 3. The van der Waals surface area contributed by atoms with Crippen LogP contribution in [0.25, 0.3) is 0 Å². The Bertz CT molecular complexity index is 416. The molecule has 6 heteroatoms. The van der Waals surface area contributed by atoms with Gasteiger partial charge in [-0.15, -0.1) is 11.6 Å². The maximum absolute atomic E-state index is 12.4. The van der Waals surface area contributed by atoms with Crippen LogP contribution in [0.5, 0.6) is 0 Å². The number of sulfonamides is 1. The summed E-state index contributed by atoms with van der Waals surface area (Å²) in [4.78, 5) is 0.236. The molecule has 0 saturated carbocycles. The van der Waals surface area contributed by atoms with Crippen molar-refractivity contribution in [3.63, 3.8) is 0 Å². The normalized spacial score (nSPS) is 17.1. The van der Waals surface area contributed by atoms with Gasteiger partial charge in [-0.25, -0.2) is 8.42 Å². The largest absolute Gasteiger partial charge is 0.393 e. The fourth-order valence-electron chi connectivity index (χ4n) is 1.56. The minimum Gasteiger partial charge on any atom is -0.393 e. The molecule has 1 N–H and O–H groups in total. The van der Waals surface area contributed by atoms with Gasteiger partial charge in [0, 0.05) is 19.0 Å². The van der Waals surface area contributed by atoms with E-state index in [1.54, 1.807) is 33.0 Å². The molecule has 0 bridgehead atoms. The molecule has 0 aliphatic carbocycles. The fraction of sp³-hybridized carbons (Fsp3) is 0.692. The summed E-state index contributed by atoms with van der Waals surface area (Å²) in [6, 6.07) is -0.168. The zero-order valence-corrected chi connectivity index (χ0v) is 13.6. The molecule has 0 radical (unpaired) electrons. The number of hydrogen-bond acceptors (Lipinski definition) is 3. The van der Waals surface area contributed by atoms with E-state index in [4.69, 9.17) is 11.6 Å². The Morgan fingerprint density at radius 1 is 1.37 bits per heavy atom. The predicted molar refractivity (Wildman–Crippen MR) is 80.7 cm³/mol. The summed E-state index contributed by atoms with van der Waals surface area (Å²) in [5, 5.41) is 9.25. The van der Waals surface area contributed by atoms with E-state index in [1.807, 2.05) is 6.92 Å². The highest BCUT2D eigenvalue weighted by Gasteiger charge is 2.25. The third-order valence-corrected chi connectivity index (χ3v) is 5.22. The summed E-state index contributed by atoms with van der Waals surface area (Å²) in [6.07, 6.45) is 5.43. The molecule has 0 aliphatic rings. The van der Waals surface area contributed by atoms with Gasteiger partial charge in [-0.1, -0.05) is 12.2 Å². The minimum absolute atomic E-state index is 0.168. The lowest BCUT2D eigenvalue weighted by Crippen LogP contribution is -2.36. The standard InChI is InChI=1S/C13H24ClNO3S/c1-5-13(7-6-10-14)19(17,18)15(4)11(2)8-9-12(3)16/h5-7,11-12,16H,8-10H2,1-4H3/b7-6-,13-5+. The molecule has 0 rings (SSSR count). The average Bonchev–Trinajstić information content (AvgIpc) is 2.35. The second-order valence-corrected chi connectivity index (χ2v) is 6.85. The number of nitrogens with zero attached hydrogens (tertiary/aromatic N) is 1. The SMILES string of the molecule is C/C=C(\C=C/CCl)S(=O)(=O)N(C)C(C)CCC(C)O. The number of hydrogen-bond donors (Lipinski definition) is 1. The van der Waals surface area contributed by atoms with E-state index in [1.165, 1.54) is 10.4 Å². The monoisotopic (exact) mass is 309 g/mol. The van der Waals surface area contributed by atoms with E-state index in [0.29, 0.717) is 12.8 Å². The van der Waals surface area contributed by atoms with E-state index >= 15 is 0 Å². The first-order valence-corrected chi connectivity index (χ1v) is 8.29. The number of halogens is 1. The van der Waals surface area contributed by atoms with Crippen LogP contribution >= 0.6 is 11.6 Å². The summed E-state index contributed by atoms with van der Waals surface area (Å²) in [6.45, 7) is 5.21. The van der Waals surface area contributed by atoms with Crippen LogP contribution in [0.1, 0.15) is 33.6 Å². The van der Waals surface area contributed by atoms with Crippen molar-refractivity contribution >= 4 is 21.6 Å². The van der Waals surface area contributed by atoms with Crippen molar-refractivity contribution in [1.82, 2.24) is 4.31 Å². The van der Waals surface area contributed by atoms with Crippen molar-refractivity contribution in [2.24, 2.45) is 0 Å². The first-order valence-electron chi connectivity index (χ1n) is 6.32. The maximum atomic E-state index is 12.4. The lowest BCUT2D eigenvalue weighted by atomic mass is 10.1. The van der Waals surface area contributed by atoms with Gasteiger partial charge in [0.25, 0.3) is 0 Å². The number of rotatable bonds is 8. The summed E-state index contributed by atoms with van der Waals surface area (Å²) >= 11 is 5.53. The zero-order chi connectivity index (χ0) is 15.1. The van der Waals surface area contributed by atoms with E-state index < -0.39 is 16.1 Å². The maximum Gasteiger partial charge on any atom is 0.242 e. The van der Waals surface area contributed by atoms with Gasteiger partial charge in [0.15, 0.2) is 0 Å². The van der Waals surface area contributed by atoms with Crippen LogP contribution in [-0.4, -0.2) is 42.9 Å². The Morgan fingerprint density at radius 3 is 2.37 bits per heavy atom. The van der Waals surface area contributed by atoms with Crippen LogP contribution in [-0.2, 0) is 10.0 Å². The van der Waals surface area contributed by atoms with E-state index in [-0.39, 0.29) is 16.8 Å². The average molecular weight is 310 g/mol. The van der Waals surface area contributed by atoms with Crippen molar-refractivity contribution in [2.75, 3.05) is 12.9 Å². The van der Waals surface area contributed by atoms with Gasteiger partial charge in [0.05, 0.1) is 11.0 Å². The Kier molecular flexibility index (Phi) is 8.57. The molecule has 4 nitrogen and oxygen atoms in total. The molecule has 19 heavy (non-hydrogen) atoms. The van der Waals surface area contributed by atoms with Gasteiger partial charge in [-0.05, 0) is 39.7 Å². The van der Waals surface area contributed by atoms with Crippen molar-refractivity contribution < 1.29 is 13.5 Å². The van der Waals surface area contributed by atoms with Gasteiger partial charge in [0.2, 0.25) is 10.0 Å². The minimum atomic E-state index is -3.50. The third kappa shape index (κ3) is 6.08. The van der Waals surface area contributed by atoms with Crippen LogP contribution in [0.2, 0.25) is 0 Å². The Hall–Kier alpha value is -0.360. The molecule has 0 fully saturated rings. The molecule has 0 aromatic heterocycles. The lowest BCUT2D eigenvalue weighted by Gasteiger charge is -2.25. The van der Waals surface area contributed by atoms with E-state index in [9.17, 15) is 13.5 Å². The smallest absolute Gasteiger partial charge is 0.242 e. The molecule has 0 aromatic carbocycles. The highest BCUT2D eigenvalue weighted by molar-refractivity contribution is 7.93. The fourth-order valence-corrected chi connectivity index (χ4v) is 3.13.